The van der Waals surface area contributed by atoms with Crippen LogP contribution >= 0.6 is 0 Å². The average molecular weight is 500 g/mol. The Kier molecular flexibility index (Phi) is 6.16. The molecular weight excluding hydrogens is 470 g/mol. The van der Waals surface area contributed by atoms with Gasteiger partial charge in [-0.15, -0.1) is 0 Å². The van der Waals surface area contributed by atoms with E-state index in [4.69, 9.17) is 4.52 Å². The third-order valence-corrected chi connectivity index (χ3v) is 7.69. The van der Waals surface area contributed by atoms with E-state index in [1.54, 1.807) is 0 Å². The first-order valence-electron chi connectivity index (χ1n) is 13.0. The molecule has 0 amide bonds. The number of nitrogens with zero attached hydrogens (tertiary/aromatic N) is 1. The van der Waals surface area contributed by atoms with Gasteiger partial charge in [-0.3, -0.25) is 4.79 Å². The van der Waals surface area contributed by atoms with Crippen molar-refractivity contribution in [2.75, 3.05) is 0 Å². The lowest BCUT2D eigenvalue weighted by Gasteiger charge is -2.11. The molecule has 0 radical (unpaired) electrons. The minimum Gasteiger partial charge on any atom is -0.481 e. The van der Waals surface area contributed by atoms with Crippen LogP contribution in [0.1, 0.15) is 46.4 Å². The fourth-order valence-electron chi connectivity index (χ4n) is 5.26. The molecule has 4 aromatic carbocycles. The van der Waals surface area contributed by atoms with Crippen molar-refractivity contribution < 1.29 is 14.4 Å². The summed E-state index contributed by atoms with van der Waals surface area (Å²) >= 11 is 0. The Morgan fingerprint density at radius 1 is 0.763 bits per heavy atom. The van der Waals surface area contributed by atoms with Gasteiger partial charge in [0, 0.05) is 17.5 Å². The van der Waals surface area contributed by atoms with Crippen molar-refractivity contribution in [1.82, 2.24) is 5.16 Å². The molecule has 0 unspecified atom stereocenters. The van der Waals surface area contributed by atoms with Crippen molar-refractivity contribution in [1.29, 1.82) is 0 Å². The highest BCUT2D eigenvalue weighted by Gasteiger charge is 2.51. The summed E-state index contributed by atoms with van der Waals surface area (Å²) in [6.07, 6.45) is 3.09. The second-order valence-corrected chi connectivity index (χ2v) is 10.3. The van der Waals surface area contributed by atoms with E-state index in [0.29, 0.717) is 12.8 Å². The van der Waals surface area contributed by atoms with Gasteiger partial charge in [-0.05, 0) is 59.6 Å². The normalized spacial score (nSPS) is 13.8. The smallest absolute Gasteiger partial charge is 0.314 e. The summed E-state index contributed by atoms with van der Waals surface area (Å²) in [5, 5.41) is 13.8. The van der Waals surface area contributed by atoms with Crippen LogP contribution in [-0.2, 0) is 23.1 Å². The monoisotopic (exact) mass is 499 g/mol. The highest BCUT2D eigenvalue weighted by molar-refractivity contribution is 5.85. The maximum absolute atomic E-state index is 11.6. The number of benzene rings is 4. The molecule has 1 heterocycles. The van der Waals surface area contributed by atoms with E-state index < -0.39 is 11.4 Å². The maximum atomic E-state index is 11.6. The van der Waals surface area contributed by atoms with Gasteiger partial charge in [0.05, 0.1) is 11.1 Å². The van der Waals surface area contributed by atoms with Crippen LogP contribution in [0.25, 0.3) is 22.5 Å². The zero-order valence-corrected chi connectivity index (χ0v) is 21.4. The molecule has 1 saturated carbocycles. The van der Waals surface area contributed by atoms with Crippen molar-refractivity contribution in [3.63, 3.8) is 0 Å². The van der Waals surface area contributed by atoms with Crippen LogP contribution in [0.15, 0.2) is 108 Å². The van der Waals surface area contributed by atoms with Gasteiger partial charge in [-0.25, -0.2) is 0 Å². The molecule has 0 spiro atoms. The van der Waals surface area contributed by atoms with Crippen molar-refractivity contribution in [3.05, 3.63) is 137 Å². The van der Waals surface area contributed by atoms with Gasteiger partial charge in [0.1, 0.15) is 0 Å². The second kappa shape index (κ2) is 9.79. The third-order valence-electron chi connectivity index (χ3n) is 7.69. The zero-order valence-electron chi connectivity index (χ0n) is 21.4. The molecule has 1 aromatic heterocycles. The van der Waals surface area contributed by atoms with Crippen LogP contribution in [-0.4, -0.2) is 16.2 Å². The Balaban J connectivity index is 1.21. The molecule has 38 heavy (non-hydrogen) atoms. The lowest BCUT2D eigenvalue weighted by Crippen LogP contribution is -2.19. The fourth-order valence-corrected chi connectivity index (χ4v) is 5.26. The molecule has 4 heteroatoms. The Morgan fingerprint density at radius 2 is 1.34 bits per heavy atom. The third kappa shape index (κ3) is 4.66. The molecule has 0 atom stereocenters. The van der Waals surface area contributed by atoms with Crippen LogP contribution in [0.2, 0.25) is 0 Å². The van der Waals surface area contributed by atoms with E-state index >= 15 is 0 Å². The van der Waals surface area contributed by atoms with Crippen LogP contribution in [0.5, 0.6) is 0 Å². The number of hydrogen-bond acceptors (Lipinski definition) is 3. The number of aliphatic carboxylic acids is 1. The van der Waals surface area contributed by atoms with Gasteiger partial charge in [0.2, 0.25) is 0 Å². The van der Waals surface area contributed by atoms with Gasteiger partial charge in [0.25, 0.3) is 0 Å². The van der Waals surface area contributed by atoms with Gasteiger partial charge in [-0.2, -0.15) is 0 Å². The van der Waals surface area contributed by atoms with Crippen LogP contribution in [0.4, 0.5) is 0 Å². The minimum absolute atomic E-state index is 0.677. The largest absolute Gasteiger partial charge is 0.481 e. The number of rotatable bonds is 8. The molecule has 1 aliphatic rings. The lowest BCUT2D eigenvalue weighted by atomic mass is 9.93. The average Bonchev–Trinajstić information content (AvgIpc) is 3.69. The number of carbonyl (C=O) groups is 1. The topological polar surface area (TPSA) is 63.3 Å². The molecule has 0 bridgehead atoms. The molecule has 5 aromatic rings. The number of carboxylic acids is 1. The van der Waals surface area contributed by atoms with E-state index in [-0.39, 0.29) is 0 Å². The molecule has 1 aliphatic carbocycles. The van der Waals surface area contributed by atoms with E-state index in [9.17, 15) is 9.90 Å². The Morgan fingerprint density at radius 3 is 1.97 bits per heavy atom. The summed E-state index contributed by atoms with van der Waals surface area (Å²) < 4.78 is 5.80. The van der Waals surface area contributed by atoms with Crippen molar-refractivity contribution in [2.24, 2.45) is 0 Å². The fraction of sp³-hybridized carbons (Fsp3) is 0.176. The zero-order chi connectivity index (χ0) is 26.1. The highest BCUT2D eigenvalue weighted by Crippen LogP contribution is 2.48. The van der Waals surface area contributed by atoms with Gasteiger partial charge >= 0.3 is 5.97 Å². The Labute approximate surface area is 222 Å². The molecular formula is C34H29NO3. The predicted octanol–water partition coefficient (Wildman–Crippen LogP) is 7.61. The molecule has 188 valence electrons. The first-order valence-corrected chi connectivity index (χ1v) is 13.0. The molecule has 1 N–H and O–H groups in total. The summed E-state index contributed by atoms with van der Waals surface area (Å²) in [6.45, 7) is 2.00. The summed E-state index contributed by atoms with van der Waals surface area (Å²) in [6, 6.07) is 35.5. The lowest BCUT2D eigenvalue weighted by molar-refractivity contribution is -0.140. The van der Waals surface area contributed by atoms with E-state index in [1.165, 1.54) is 16.7 Å². The molecule has 0 saturated heterocycles. The van der Waals surface area contributed by atoms with Gasteiger partial charge in [0.15, 0.2) is 5.76 Å². The summed E-state index contributed by atoms with van der Waals surface area (Å²) in [5.74, 6) is 0.0747. The predicted molar refractivity (Wildman–Crippen MR) is 149 cm³/mol. The quantitative estimate of drug-likeness (QED) is 0.239. The number of aryl methyl sites for hydroxylation is 1. The van der Waals surface area contributed by atoms with E-state index in [1.807, 2.05) is 37.3 Å². The van der Waals surface area contributed by atoms with E-state index in [0.717, 1.165) is 52.1 Å². The Hall–Kier alpha value is -4.44. The standard InChI is InChI=1S/C34H29NO3/c1-23-31(22-26-9-5-8-25(21-26)20-24-6-3-2-4-7-24)32(38-35-23)29-12-10-27(11-13-29)28-14-16-30(17-15-28)34(18-19-34)33(36)37/h2-17,21H,18-20,22H2,1H3,(H,36,37). The first kappa shape index (κ1) is 23.9. The molecule has 0 aliphatic heterocycles. The molecule has 4 nitrogen and oxygen atoms in total. The van der Waals surface area contributed by atoms with Gasteiger partial charge < -0.3 is 9.63 Å². The van der Waals surface area contributed by atoms with Crippen molar-refractivity contribution >= 4 is 5.97 Å². The second-order valence-electron chi connectivity index (χ2n) is 10.3. The minimum atomic E-state index is -0.726. The maximum Gasteiger partial charge on any atom is 0.314 e. The van der Waals surface area contributed by atoms with E-state index in [2.05, 4.69) is 78.0 Å². The first-order chi connectivity index (χ1) is 18.5. The number of carboxylic acid groups (broad SMARTS) is 1. The summed E-state index contributed by atoms with van der Waals surface area (Å²) in [5.41, 5.74) is 9.16. The number of aromatic nitrogens is 1. The number of hydrogen-bond donors (Lipinski definition) is 1. The SMILES string of the molecule is Cc1noc(-c2ccc(-c3ccc(C4(C(=O)O)CC4)cc3)cc2)c1Cc1cccc(Cc2ccccc2)c1. The van der Waals surface area contributed by atoms with Crippen molar-refractivity contribution in [2.45, 2.75) is 38.0 Å². The van der Waals surface area contributed by atoms with Crippen LogP contribution < -0.4 is 0 Å². The van der Waals surface area contributed by atoms with Crippen molar-refractivity contribution in [3.8, 4) is 22.5 Å². The highest BCUT2D eigenvalue weighted by atomic mass is 16.5. The Bertz CT molecular complexity index is 1580. The summed E-state index contributed by atoms with van der Waals surface area (Å²) in [4.78, 5) is 11.6. The van der Waals surface area contributed by atoms with Gasteiger partial charge in [-0.1, -0.05) is 108 Å². The van der Waals surface area contributed by atoms with Crippen LogP contribution in [0.3, 0.4) is 0 Å². The molecule has 6 rings (SSSR count). The van der Waals surface area contributed by atoms with Crippen LogP contribution in [0, 0.1) is 6.92 Å². The summed E-state index contributed by atoms with van der Waals surface area (Å²) in [7, 11) is 0. The molecule has 1 fully saturated rings.